The Balaban J connectivity index is 1.64. The van der Waals surface area contributed by atoms with Gasteiger partial charge < -0.3 is 5.32 Å². The smallest absolute Gasteiger partial charge is 0.254 e. The maximum atomic E-state index is 13.6. The average molecular weight is 376 g/mol. The van der Waals surface area contributed by atoms with Crippen LogP contribution in [0, 0.1) is 5.82 Å². The van der Waals surface area contributed by atoms with Gasteiger partial charge in [0, 0.05) is 19.6 Å². The summed E-state index contributed by atoms with van der Waals surface area (Å²) in [6, 6.07) is 12.2. The van der Waals surface area contributed by atoms with E-state index in [-0.39, 0.29) is 17.0 Å². The molecular formula is C19H21FN2O3S. The molecule has 0 aromatic heterocycles. The number of hydrogen-bond donors (Lipinski definition) is 1. The molecule has 0 unspecified atom stereocenters. The molecule has 1 saturated heterocycles. The van der Waals surface area contributed by atoms with Gasteiger partial charge in [0.25, 0.3) is 5.91 Å². The lowest BCUT2D eigenvalue weighted by Crippen LogP contribution is -2.35. The number of hydrogen-bond acceptors (Lipinski definition) is 3. The third kappa shape index (κ3) is 4.11. The minimum atomic E-state index is -3.46. The summed E-state index contributed by atoms with van der Waals surface area (Å²) in [4.78, 5) is 12.3. The summed E-state index contributed by atoms with van der Waals surface area (Å²) >= 11 is 0. The molecule has 2 aromatic rings. The predicted octanol–water partition coefficient (Wildman–Crippen LogP) is 2.93. The molecule has 26 heavy (non-hydrogen) atoms. The first-order chi connectivity index (χ1) is 12.5. The van der Waals surface area contributed by atoms with E-state index in [1.165, 1.54) is 22.5 Å². The molecule has 1 N–H and O–H groups in total. The molecule has 0 spiro atoms. The van der Waals surface area contributed by atoms with E-state index < -0.39 is 21.7 Å². The van der Waals surface area contributed by atoms with Gasteiger partial charge in [-0.25, -0.2) is 12.8 Å². The van der Waals surface area contributed by atoms with Gasteiger partial charge in [0.15, 0.2) is 0 Å². The molecule has 138 valence electrons. The predicted molar refractivity (Wildman–Crippen MR) is 96.6 cm³/mol. The summed E-state index contributed by atoms with van der Waals surface area (Å²) in [5, 5.41) is 2.64. The standard InChI is InChI=1S/C19H21FN2O3S/c20-18-7-3-2-6-17(18)19(23)21-14-15-8-10-16(11-9-15)26(24,25)22-12-4-1-5-13-22/h2-3,6-11H,1,4-5,12-14H2,(H,21,23). The topological polar surface area (TPSA) is 66.5 Å². The van der Waals surface area contributed by atoms with Crippen molar-refractivity contribution in [1.82, 2.24) is 9.62 Å². The highest BCUT2D eigenvalue weighted by atomic mass is 32.2. The van der Waals surface area contributed by atoms with E-state index in [2.05, 4.69) is 5.32 Å². The fourth-order valence-electron chi connectivity index (χ4n) is 2.96. The maximum absolute atomic E-state index is 13.6. The van der Waals surface area contributed by atoms with Gasteiger partial charge in [-0.1, -0.05) is 30.7 Å². The molecule has 0 aliphatic carbocycles. The largest absolute Gasteiger partial charge is 0.348 e. The summed E-state index contributed by atoms with van der Waals surface area (Å²) in [5.41, 5.74) is 0.726. The second-order valence-corrected chi connectivity index (χ2v) is 8.21. The van der Waals surface area contributed by atoms with E-state index in [1.807, 2.05) is 0 Å². The van der Waals surface area contributed by atoms with E-state index in [0.29, 0.717) is 13.1 Å². The minimum absolute atomic E-state index is 0.0169. The Morgan fingerprint density at radius 3 is 2.31 bits per heavy atom. The molecule has 1 heterocycles. The van der Waals surface area contributed by atoms with Gasteiger partial charge in [-0.05, 0) is 42.7 Å². The van der Waals surface area contributed by atoms with Gasteiger partial charge >= 0.3 is 0 Å². The first-order valence-electron chi connectivity index (χ1n) is 8.60. The minimum Gasteiger partial charge on any atom is -0.348 e. The molecule has 7 heteroatoms. The fourth-order valence-corrected chi connectivity index (χ4v) is 4.47. The van der Waals surface area contributed by atoms with Crippen molar-refractivity contribution in [3.63, 3.8) is 0 Å². The van der Waals surface area contributed by atoms with Crippen molar-refractivity contribution in [3.05, 3.63) is 65.5 Å². The van der Waals surface area contributed by atoms with Crippen LogP contribution in [-0.2, 0) is 16.6 Å². The SMILES string of the molecule is O=C(NCc1ccc(S(=O)(=O)N2CCCCC2)cc1)c1ccccc1F. The van der Waals surface area contributed by atoms with Crippen molar-refractivity contribution < 1.29 is 17.6 Å². The number of nitrogens with zero attached hydrogens (tertiary/aromatic N) is 1. The number of rotatable bonds is 5. The van der Waals surface area contributed by atoms with Crippen LogP contribution in [0.25, 0.3) is 0 Å². The number of carbonyl (C=O) groups is 1. The second kappa shape index (κ2) is 7.97. The number of amides is 1. The van der Waals surface area contributed by atoms with E-state index in [9.17, 15) is 17.6 Å². The van der Waals surface area contributed by atoms with Gasteiger partial charge in [0.2, 0.25) is 10.0 Å². The fraction of sp³-hybridized carbons (Fsp3) is 0.316. The van der Waals surface area contributed by atoms with Gasteiger partial charge in [0.05, 0.1) is 10.5 Å². The van der Waals surface area contributed by atoms with Crippen molar-refractivity contribution in [3.8, 4) is 0 Å². The number of benzene rings is 2. The zero-order chi connectivity index (χ0) is 18.6. The monoisotopic (exact) mass is 376 g/mol. The lowest BCUT2D eigenvalue weighted by atomic mass is 10.2. The van der Waals surface area contributed by atoms with Gasteiger partial charge in [-0.15, -0.1) is 0 Å². The quantitative estimate of drug-likeness (QED) is 0.873. The van der Waals surface area contributed by atoms with Crippen LogP contribution in [0.1, 0.15) is 35.2 Å². The first kappa shape index (κ1) is 18.5. The molecular weight excluding hydrogens is 355 g/mol. The zero-order valence-corrected chi connectivity index (χ0v) is 15.1. The van der Waals surface area contributed by atoms with Crippen LogP contribution in [0.3, 0.4) is 0 Å². The van der Waals surface area contributed by atoms with Crippen LogP contribution >= 0.6 is 0 Å². The highest BCUT2D eigenvalue weighted by molar-refractivity contribution is 7.89. The maximum Gasteiger partial charge on any atom is 0.254 e. The first-order valence-corrected chi connectivity index (χ1v) is 10.0. The summed E-state index contributed by atoms with van der Waals surface area (Å²) < 4.78 is 40.3. The molecule has 0 atom stereocenters. The Hall–Kier alpha value is -2.25. The second-order valence-electron chi connectivity index (χ2n) is 6.27. The zero-order valence-electron chi connectivity index (χ0n) is 14.3. The third-order valence-corrected chi connectivity index (χ3v) is 6.36. The Kier molecular flexibility index (Phi) is 5.68. The van der Waals surface area contributed by atoms with Crippen LogP contribution in [0.5, 0.6) is 0 Å². The third-order valence-electron chi connectivity index (χ3n) is 4.45. The molecule has 1 aliphatic rings. The lowest BCUT2D eigenvalue weighted by Gasteiger charge is -2.25. The van der Waals surface area contributed by atoms with E-state index in [0.717, 1.165) is 24.8 Å². The molecule has 1 amide bonds. The molecule has 2 aromatic carbocycles. The van der Waals surface area contributed by atoms with Crippen molar-refractivity contribution >= 4 is 15.9 Å². The van der Waals surface area contributed by atoms with E-state index in [1.54, 1.807) is 30.3 Å². The van der Waals surface area contributed by atoms with Crippen molar-refractivity contribution in [2.75, 3.05) is 13.1 Å². The van der Waals surface area contributed by atoms with Crippen LogP contribution in [-0.4, -0.2) is 31.7 Å². The lowest BCUT2D eigenvalue weighted by molar-refractivity contribution is 0.0947. The van der Waals surface area contributed by atoms with Crippen molar-refractivity contribution in [1.29, 1.82) is 0 Å². The van der Waals surface area contributed by atoms with Crippen LogP contribution in [0.2, 0.25) is 0 Å². The Morgan fingerprint density at radius 1 is 1.00 bits per heavy atom. The van der Waals surface area contributed by atoms with E-state index in [4.69, 9.17) is 0 Å². The molecule has 5 nitrogen and oxygen atoms in total. The number of halogens is 1. The molecule has 1 fully saturated rings. The highest BCUT2D eigenvalue weighted by Crippen LogP contribution is 2.20. The molecule has 1 aliphatic heterocycles. The normalized spacial score (nSPS) is 15.6. The molecule has 0 radical (unpaired) electrons. The van der Waals surface area contributed by atoms with E-state index >= 15 is 0 Å². The number of piperidine rings is 1. The summed E-state index contributed by atoms with van der Waals surface area (Å²) in [7, 11) is -3.46. The summed E-state index contributed by atoms with van der Waals surface area (Å²) in [6.45, 7) is 1.31. The molecule has 3 rings (SSSR count). The summed E-state index contributed by atoms with van der Waals surface area (Å²) in [5.74, 6) is -1.08. The molecule has 0 bridgehead atoms. The Bertz CT molecular complexity index is 876. The Morgan fingerprint density at radius 2 is 1.65 bits per heavy atom. The summed E-state index contributed by atoms with van der Waals surface area (Å²) in [6.07, 6.45) is 2.84. The van der Waals surface area contributed by atoms with Crippen LogP contribution in [0.4, 0.5) is 4.39 Å². The highest BCUT2D eigenvalue weighted by Gasteiger charge is 2.25. The van der Waals surface area contributed by atoms with Crippen molar-refractivity contribution in [2.24, 2.45) is 0 Å². The van der Waals surface area contributed by atoms with Crippen molar-refractivity contribution in [2.45, 2.75) is 30.7 Å². The number of nitrogens with one attached hydrogen (secondary N) is 1. The average Bonchev–Trinajstić information content (AvgIpc) is 2.67. The van der Waals surface area contributed by atoms with Gasteiger partial charge in [-0.2, -0.15) is 4.31 Å². The number of sulfonamides is 1. The van der Waals surface area contributed by atoms with Gasteiger partial charge in [-0.3, -0.25) is 4.79 Å². The van der Waals surface area contributed by atoms with Crippen LogP contribution in [0.15, 0.2) is 53.4 Å². The molecule has 0 saturated carbocycles. The van der Waals surface area contributed by atoms with Crippen LogP contribution < -0.4 is 5.32 Å². The number of carbonyl (C=O) groups excluding carboxylic acids is 1. The Labute approximate surface area is 152 Å². The van der Waals surface area contributed by atoms with Gasteiger partial charge in [0.1, 0.15) is 5.82 Å².